The summed E-state index contributed by atoms with van der Waals surface area (Å²) in [6, 6.07) is 8.29. The lowest BCUT2D eigenvalue weighted by Crippen LogP contribution is -2.06. The Morgan fingerprint density at radius 3 is 2.55 bits per heavy atom. The molecule has 0 atom stereocenters. The maximum absolute atomic E-state index is 13.6. The predicted molar refractivity (Wildman–Crippen MR) is 75.1 cm³/mol. The van der Waals surface area contributed by atoms with Crippen LogP contribution in [0.15, 0.2) is 40.9 Å². The quantitative estimate of drug-likeness (QED) is 0.781. The number of Topliss-reactive ketones (excluding diaryl/α,β-unsaturated/α-hetero) is 1. The summed E-state index contributed by atoms with van der Waals surface area (Å²) >= 11 is 3.22. The van der Waals surface area contributed by atoms with Crippen molar-refractivity contribution in [2.75, 3.05) is 7.11 Å². The molecule has 2 nitrogen and oxygen atoms in total. The van der Waals surface area contributed by atoms with E-state index in [0.717, 1.165) is 6.07 Å². The molecule has 0 spiro atoms. The SMILES string of the molecule is COc1ccc(C(=O)Cc2cc(Br)ccc2F)cc1F. The van der Waals surface area contributed by atoms with E-state index in [0.29, 0.717) is 4.47 Å². The first-order valence-corrected chi connectivity index (χ1v) is 6.61. The number of carbonyl (C=O) groups is 1. The van der Waals surface area contributed by atoms with Gasteiger partial charge in [-0.05, 0) is 42.0 Å². The highest BCUT2D eigenvalue weighted by molar-refractivity contribution is 9.10. The Bertz CT molecular complexity index is 656. The van der Waals surface area contributed by atoms with Crippen LogP contribution in [0, 0.1) is 11.6 Å². The summed E-state index contributed by atoms with van der Waals surface area (Å²) in [5.74, 6) is -1.37. The zero-order chi connectivity index (χ0) is 14.7. The monoisotopic (exact) mass is 340 g/mol. The summed E-state index contributed by atoms with van der Waals surface area (Å²) in [5, 5.41) is 0. The molecule has 0 saturated heterocycles. The molecular weight excluding hydrogens is 330 g/mol. The van der Waals surface area contributed by atoms with Crippen LogP contribution < -0.4 is 4.74 Å². The number of halogens is 3. The molecule has 2 rings (SSSR count). The Balaban J connectivity index is 2.24. The van der Waals surface area contributed by atoms with Gasteiger partial charge in [0.1, 0.15) is 5.82 Å². The van der Waals surface area contributed by atoms with E-state index >= 15 is 0 Å². The minimum Gasteiger partial charge on any atom is -0.494 e. The van der Waals surface area contributed by atoms with E-state index in [2.05, 4.69) is 15.9 Å². The maximum Gasteiger partial charge on any atom is 0.167 e. The minimum atomic E-state index is -0.618. The first-order chi connectivity index (χ1) is 9.51. The highest BCUT2D eigenvalue weighted by atomic mass is 79.9. The molecular formula is C15H11BrF2O2. The highest BCUT2D eigenvalue weighted by Crippen LogP contribution is 2.21. The molecule has 0 radical (unpaired) electrons. The Morgan fingerprint density at radius 2 is 1.90 bits per heavy atom. The first kappa shape index (κ1) is 14.7. The van der Waals surface area contributed by atoms with Gasteiger partial charge in [-0.2, -0.15) is 0 Å². The fraction of sp³-hybridized carbons (Fsp3) is 0.133. The van der Waals surface area contributed by atoms with Crippen molar-refractivity contribution in [2.24, 2.45) is 0 Å². The van der Waals surface area contributed by atoms with Gasteiger partial charge in [0, 0.05) is 16.5 Å². The predicted octanol–water partition coefficient (Wildman–Crippen LogP) is 4.16. The van der Waals surface area contributed by atoms with Crippen LogP contribution in [0.4, 0.5) is 8.78 Å². The maximum atomic E-state index is 13.6. The molecule has 0 saturated carbocycles. The number of benzene rings is 2. The first-order valence-electron chi connectivity index (χ1n) is 5.82. The van der Waals surface area contributed by atoms with Gasteiger partial charge in [-0.3, -0.25) is 4.79 Å². The molecule has 0 aliphatic heterocycles. The molecule has 0 bridgehead atoms. The summed E-state index contributed by atoms with van der Waals surface area (Å²) in [5.41, 5.74) is 0.447. The van der Waals surface area contributed by atoms with Gasteiger partial charge in [-0.25, -0.2) is 8.78 Å². The third kappa shape index (κ3) is 3.22. The second-order valence-electron chi connectivity index (χ2n) is 4.19. The standard InChI is InChI=1S/C15H11BrF2O2/c1-20-15-5-2-9(7-13(15)18)14(19)8-10-6-11(16)3-4-12(10)17/h2-7H,8H2,1H3. The van der Waals surface area contributed by atoms with Crippen LogP contribution in [0.1, 0.15) is 15.9 Å². The zero-order valence-corrected chi connectivity index (χ0v) is 12.2. The van der Waals surface area contributed by atoms with E-state index in [9.17, 15) is 13.6 Å². The Kier molecular flexibility index (Phi) is 4.49. The van der Waals surface area contributed by atoms with E-state index in [4.69, 9.17) is 4.74 Å². The van der Waals surface area contributed by atoms with Crippen molar-refractivity contribution >= 4 is 21.7 Å². The molecule has 0 fully saturated rings. The molecule has 2 aromatic carbocycles. The molecule has 0 aromatic heterocycles. The van der Waals surface area contributed by atoms with Crippen molar-refractivity contribution < 1.29 is 18.3 Å². The molecule has 0 unspecified atom stereocenters. The fourth-order valence-electron chi connectivity index (χ4n) is 1.79. The molecule has 104 valence electrons. The van der Waals surface area contributed by atoms with Crippen molar-refractivity contribution in [1.82, 2.24) is 0 Å². The van der Waals surface area contributed by atoms with E-state index in [-0.39, 0.29) is 29.1 Å². The number of methoxy groups -OCH3 is 1. The lowest BCUT2D eigenvalue weighted by Gasteiger charge is -2.06. The van der Waals surface area contributed by atoms with Crippen LogP contribution in [-0.4, -0.2) is 12.9 Å². The molecule has 0 heterocycles. The average Bonchev–Trinajstić information content (AvgIpc) is 2.42. The summed E-state index contributed by atoms with van der Waals surface area (Å²) in [4.78, 5) is 12.0. The third-order valence-corrected chi connectivity index (χ3v) is 3.33. The lowest BCUT2D eigenvalue weighted by molar-refractivity contribution is 0.0991. The number of ether oxygens (including phenoxy) is 1. The highest BCUT2D eigenvalue weighted by Gasteiger charge is 2.13. The van der Waals surface area contributed by atoms with Gasteiger partial charge in [-0.1, -0.05) is 15.9 Å². The number of hydrogen-bond acceptors (Lipinski definition) is 2. The summed E-state index contributed by atoms with van der Waals surface area (Å²) in [6.07, 6.45) is -0.128. The summed E-state index contributed by atoms with van der Waals surface area (Å²) in [6.45, 7) is 0. The minimum absolute atomic E-state index is 0.0650. The van der Waals surface area contributed by atoms with Crippen LogP contribution in [0.25, 0.3) is 0 Å². The van der Waals surface area contributed by atoms with Crippen molar-refractivity contribution in [1.29, 1.82) is 0 Å². The van der Waals surface area contributed by atoms with E-state index in [1.807, 2.05) is 0 Å². The van der Waals surface area contributed by atoms with Gasteiger partial charge in [0.2, 0.25) is 0 Å². The fourth-order valence-corrected chi connectivity index (χ4v) is 2.20. The second-order valence-corrected chi connectivity index (χ2v) is 5.10. The normalized spacial score (nSPS) is 10.4. The van der Waals surface area contributed by atoms with Gasteiger partial charge >= 0.3 is 0 Å². The van der Waals surface area contributed by atoms with Crippen molar-refractivity contribution in [3.8, 4) is 5.75 Å². The van der Waals surface area contributed by atoms with Gasteiger partial charge in [0.25, 0.3) is 0 Å². The molecule has 5 heteroatoms. The number of ketones is 1. The number of hydrogen-bond donors (Lipinski definition) is 0. The van der Waals surface area contributed by atoms with Gasteiger partial charge in [-0.15, -0.1) is 0 Å². The van der Waals surface area contributed by atoms with Crippen LogP contribution >= 0.6 is 15.9 Å². The van der Waals surface area contributed by atoms with Gasteiger partial charge < -0.3 is 4.74 Å². The smallest absolute Gasteiger partial charge is 0.167 e. The Hall–Kier alpha value is -1.75. The number of rotatable bonds is 4. The lowest BCUT2D eigenvalue weighted by atomic mass is 10.0. The second kappa shape index (κ2) is 6.13. The number of carbonyl (C=O) groups excluding carboxylic acids is 1. The van der Waals surface area contributed by atoms with Gasteiger partial charge in [0.15, 0.2) is 17.3 Å². The molecule has 0 aliphatic rings. The Morgan fingerprint density at radius 1 is 1.15 bits per heavy atom. The molecule has 20 heavy (non-hydrogen) atoms. The van der Waals surface area contributed by atoms with Crippen LogP contribution in [0.3, 0.4) is 0 Å². The zero-order valence-electron chi connectivity index (χ0n) is 10.6. The van der Waals surface area contributed by atoms with Crippen LogP contribution in [0.5, 0.6) is 5.75 Å². The van der Waals surface area contributed by atoms with Crippen LogP contribution in [0.2, 0.25) is 0 Å². The largest absolute Gasteiger partial charge is 0.494 e. The average molecular weight is 341 g/mol. The van der Waals surface area contributed by atoms with E-state index in [1.54, 1.807) is 6.07 Å². The topological polar surface area (TPSA) is 26.3 Å². The van der Waals surface area contributed by atoms with E-state index in [1.165, 1.54) is 31.4 Å². The van der Waals surface area contributed by atoms with Crippen molar-refractivity contribution in [2.45, 2.75) is 6.42 Å². The van der Waals surface area contributed by atoms with E-state index < -0.39 is 11.6 Å². The molecule has 2 aromatic rings. The van der Waals surface area contributed by atoms with Crippen molar-refractivity contribution in [3.63, 3.8) is 0 Å². The van der Waals surface area contributed by atoms with Crippen molar-refractivity contribution in [3.05, 3.63) is 63.6 Å². The Labute approximate surface area is 123 Å². The van der Waals surface area contributed by atoms with Gasteiger partial charge in [0.05, 0.1) is 7.11 Å². The summed E-state index contributed by atoms with van der Waals surface area (Å²) < 4.78 is 32.6. The molecule has 0 aliphatic carbocycles. The third-order valence-electron chi connectivity index (χ3n) is 2.83. The van der Waals surface area contributed by atoms with Crippen LogP contribution in [-0.2, 0) is 6.42 Å². The summed E-state index contributed by atoms with van der Waals surface area (Å²) in [7, 11) is 1.34. The molecule has 0 amide bonds. The molecule has 0 N–H and O–H groups in total.